The molecule has 9 nitrogen and oxygen atoms in total. The molecule has 0 aromatic rings. The Hall–Kier alpha value is -0.360. The monoisotopic (exact) mass is 902 g/mol. The molecule has 6 aliphatic heterocycles. The molecule has 0 amide bonds. The molecule has 0 spiro atoms. The second-order valence-corrected chi connectivity index (χ2v) is 23.2. The fraction of sp³-hybridized carbons (Fsp3) is 1.00. The minimum Gasteiger partial charge on any atom is -0.301 e. The van der Waals surface area contributed by atoms with Gasteiger partial charge < -0.3 is 19.6 Å². The number of likely N-dealkylation sites (tertiary alicyclic amines) is 3. The van der Waals surface area contributed by atoms with Gasteiger partial charge in [-0.2, -0.15) is 0 Å². The quantitative estimate of drug-likeness (QED) is 0.180. The lowest BCUT2D eigenvalue weighted by Crippen LogP contribution is -2.64. The number of likely N-dealkylation sites (N-methyl/N-ethyl adjacent to an activating group) is 1. The van der Waals surface area contributed by atoms with Crippen LogP contribution in [0.3, 0.4) is 0 Å². The average molecular weight is 903 g/mol. The Morgan fingerprint density at radius 1 is 0.453 bits per heavy atom. The maximum absolute atomic E-state index is 2.93. The highest BCUT2D eigenvalue weighted by Gasteiger charge is 2.41. The third-order valence-corrected chi connectivity index (χ3v) is 17.5. The Balaban J connectivity index is 0.000000422. The van der Waals surface area contributed by atoms with E-state index in [1.807, 2.05) is 13.8 Å². The van der Waals surface area contributed by atoms with Crippen molar-refractivity contribution in [1.29, 1.82) is 0 Å². The molecule has 0 aromatic heterocycles. The first kappa shape index (κ1) is 58.0. The van der Waals surface area contributed by atoms with Gasteiger partial charge in [0.1, 0.15) is 0 Å². The normalized spacial score (nSPS) is 30.5. The maximum Gasteiger partial charge on any atom is 0.0267 e. The van der Waals surface area contributed by atoms with E-state index in [9.17, 15) is 0 Å². The molecule has 0 saturated carbocycles. The standard InChI is InChI=1S/C37H74N6.C9H20N2.C7H15N.C2H6/c1-12-29(6)43-23-30(7)41(24-35-13-17-38(18-14-35)27(2)3)26-37(43)33(10)34(11)39-19-15-36(16-20-39)25-42-31(8)21-40(28(4)5)22-32(42)9;1-8(2)11-6-5-10(4)9(3)7-11;1-7(2)8-5-3-4-6-8;1-2/h27-37H,12-26H2,1-11H3;8-9H,5-7H2,1-4H3;7H,3-6H2,1-2H3;1-2H3/t29?,30?,31?,32?,33?,34?,37-;;;/m0.../s1. The van der Waals surface area contributed by atoms with Gasteiger partial charge in [-0.1, -0.05) is 27.7 Å². The van der Waals surface area contributed by atoms with Crippen LogP contribution < -0.4 is 0 Å². The van der Waals surface area contributed by atoms with Crippen LogP contribution in [0.25, 0.3) is 0 Å². The van der Waals surface area contributed by atoms with E-state index in [4.69, 9.17) is 0 Å². The molecule has 0 aromatic carbocycles. The summed E-state index contributed by atoms with van der Waals surface area (Å²) in [4.78, 5) is 24.4. The summed E-state index contributed by atoms with van der Waals surface area (Å²) in [5, 5.41) is 0. The van der Waals surface area contributed by atoms with Crippen LogP contribution in [0, 0.1) is 17.8 Å². The van der Waals surface area contributed by atoms with Gasteiger partial charge in [0.2, 0.25) is 0 Å². The fourth-order valence-electron chi connectivity index (χ4n) is 12.0. The van der Waals surface area contributed by atoms with Crippen LogP contribution in [0.4, 0.5) is 0 Å². The molecular formula is C55H115N9. The molecule has 6 saturated heterocycles. The van der Waals surface area contributed by atoms with Gasteiger partial charge in [0, 0.05) is 125 Å². The highest BCUT2D eigenvalue weighted by molar-refractivity contribution is 4.97. The molecule has 6 aliphatic rings. The molecule has 64 heavy (non-hydrogen) atoms. The lowest BCUT2D eigenvalue weighted by atomic mass is 9.85. The SMILES string of the molecule is CC.CC(C)N1CCCC1.CC1CN(C(C)C)CCN1C.CCC(C)N1CC(C)N(CC2CCN(C(C)C)CC2)C[C@H]1C(C)C(C)N1CCC(CN2C(C)CN(C(C)C)CC2C)CC1. The van der Waals surface area contributed by atoms with Crippen molar-refractivity contribution in [3.8, 4) is 0 Å². The summed E-state index contributed by atoms with van der Waals surface area (Å²) in [5.74, 6) is 2.42. The van der Waals surface area contributed by atoms with Crippen molar-refractivity contribution in [3.63, 3.8) is 0 Å². The van der Waals surface area contributed by atoms with Gasteiger partial charge >= 0.3 is 0 Å². The zero-order chi connectivity index (χ0) is 47.8. The summed E-state index contributed by atoms with van der Waals surface area (Å²) in [6, 6.07) is 7.57. The van der Waals surface area contributed by atoms with Crippen LogP contribution >= 0.6 is 0 Å². The summed E-state index contributed by atoms with van der Waals surface area (Å²) in [7, 11) is 2.21. The number of piperazine rings is 3. The minimum atomic E-state index is 0.648. The Bertz CT molecular complexity index is 1180. The van der Waals surface area contributed by atoms with Crippen LogP contribution in [0.2, 0.25) is 0 Å². The van der Waals surface area contributed by atoms with E-state index < -0.39 is 0 Å². The highest BCUT2D eigenvalue weighted by atomic mass is 15.3. The topological polar surface area (TPSA) is 29.2 Å². The molecule has 0 radical (unpaired) electrons. The fourth-order valence-corrected chi connectivity index (χ4v) is 12.0. The van der Waals surface area contributed by atoms with Crippen molar-refractivity contribution in [2.24, 2.45) is 17.8 Å². The van der Waals surface area contributed by atoms with E-state index in [1.54, 1.807) is 0 Å². The van der Waals surface area contributed by atoms with E-state index in [2.05, 4.69) is 162 Å². The van der Waals surface area contributed by atoms with Gasteiger partial charge in [-0.3, -0.25) is 24.5 Å². The molecule has 6 fully saturated rings. The highest BCUT2D eigenvalue weighted by Crippen LogP contribution is 2.32. The maximum atomic E-state index is 2.93. The third kappa shape index (κ3) is 17.6. The number of nitrogens with zero attached hydrogens (tertiary/aromatic N) is 9. The van der Waals surface area contributed by atoms with Crippen molar-refractivity contribution in [1.82, 2.24) is 44.1 Å². The van der Waals surface area contributed by atoms with Crippen molar-refractivity contribution in [2.45, 2.75) is 236 Å². The number of rotatable bonds is 13. The first-order valence-electron chi connectivity index (χ1n) is 28.0. The number of piperidine rings is 2. The van der Waals surface area contributed by atoms with Crippen molar-refractivity contribution < 1.29 is 0 Å². The predicted octanol–water partition coefficient (Wildman–Crippen LogP) is 9.37. The first-order chi connectivity index (χ1) is 30.3. The van der Waals surface area contributed by atoms with Gasteiger partial charge in [-0.05, 0) is 206 Å². The lowest BCUT2D eigenvalue weighted by molar-refractivity contribution is -0.0411. The molecule has 8 atom stereocenters. The van der Waals surface area contributed by atoms with E-state index in [0.717, 1.165) is 23.9 Å². The molecule has 9 heteroatoms. The molecule has 0 aliphatic carbocycles. The Labute approximate surface area is 401 Å². The Morgan fingerprint density at radius 3 is 1.36 bits per heavy atom. The third-order valence-electron chi connectivity index (χ3n) is 17.5. The van der Waals surface area contributed by atoms with Crippen LogP contribution in [-0.2, 0) is 0 Å². The number of hydrogen-bond donors (Lipinski definition) is 0. The van der Waals surface area contributed by atoms with Crippen LogP contribution in [0.1, 0.15) is 170 Å². The molecule has 6 heterocycles. The summed E-state index contributed by atoms with van der Waals surface area (Å²) < 4.78 is 0. The lowest BCUT2D eigenvalue weighted by Gasteiger charge is -2.53. The number of hydrogen-bond acceptors (Lipinski definition) is 9. The van der Waals surface area contributed by atoms with Crippen LogP contribution in [-0.4, -0.2) is 216 Å². The molecule has 0 N–H and O–H groups in total. The Morgan fingerprint density at radius 2 is 0.906 bits per heavy atom. The predicted molar refractivity (Wildman–Crippen MR) is 282 cm³/mol. The second kappa shape index (κ2) is 29.0. The summed E-state index contributed by atoms with van der Waals surface area (Å²) in [6.07, 6.45) is 9.60. The average Bonchev–Trinajstić information content (AvgIpc) is 3.83. The second-order valence-electron chi connectivity index (χ2n) is 23.2. The zero-order valence-electron chi connectivity index (χ0n) is 46.7. The summed E-state index contributed by atoms with van der Waals surface area (Å²) >= 11 is 0. The molecule has 7 unspecified atom stereocenters. The largest absolute Gasteiger partial charge is 0.301 e. The molecular weight excluding hydrogens is 787 g/mol. The van der Waals surface area contributed by atoms with Gasteiger partial charge in [0.25, 0.3) is 0 Å². The molecule has 380 valence electrons. The minimum absolute atomic E-state index is 0.648. The van der Waals surface area contributed by atoms with E-state index >= 15 is 0 Å². The van der Waals surface area contributed by atoms with Crippen LogP contribution in [0.15, 0.2) is 0 Å². The van der Waals surface area contributed by atoms with E-state index in [-0.39, 0.29) is 0 Å². The molecule has 0 bridgehead atoms. The summed E-state index contributed by atoms with van der Waals surface area (Å²) in [5.41, 5.74) is 0. The van der Waals surface area contributed by atoms with Gasteiger partial charge in [-0.25, -0.2) is 0 Å². The first-order valence-corrected chi connectivity index (χ1v) is 28.0. The van der Waals surface area contributed by atoms with Gasteiger partial charge in [-0.15, -0.1) is 0 Å². The van der Waals surface area contributed by atoms with Gasteiger partial charge in [0.05, 0.1) is 0 Å². The van der Waals surface area contributed by atoms with Crippen molar-refractivity contribution >= 4 is 0 Å². The van der Waals surface area contributed by atoms with Crippen molar-refractivity contribution in [3.05, 3.63) is 0 Å². The smallest absolute Gasteiger partial charge is 0.0267 e. The van der Waals surface area contributed by atoms with E-state index in [1.165, 1.54) is 143 Å². The van der Waals surface area contributed by atoms with Crippen LogP contribution in [0.5, 0.6) is 0 Å². The zero-order valence-corrected chi connectivity index (χ0v) is 46.7. The Kier molecular flexibility index (Phi) is 26.2. The van der Waals surface area contributed by atoms with Gasteiger partial charge in [0.15, 0.2) is 0 Å². The molecule has 6 rings (SSSR count). The van der Waals surface area contributed by atoms with Crippen molar-refractivity contribution in [2.75, 3.05) is 105 Å². The summed E-state index contributed by atoms with van der Waals surface area (Å²) in [6.45, 7) is 61.4. The van der Waals surface area contributed by atoms with E-state index in [0.29, 0.717) is 60.3 Å².